The molecule has 0 saturated carbocycles. The first-order valence-electron chi connectivity index (χ1n) is 7.07. The summed E-state index contributed by atoms with van der Waals surface area (Å²) in [5.41, 5.74) is 0. The predicted octanol–water partition coefficient (Wildman–Crippen LogP) is 2.33. The molecular weight excluding hydrogens is 297 g/mol. The second-order valence-corrected chi connectivity index (χ2v) is 5.92. The molecule has 0 radical (unpaired) electrons. The summed E-state index contributed by atoms with van der Waals surface area (Å²) in [7, 11) is 0. The van der Waals surface area contributed by atoms with Crippen LogP contribution in [0.25, 0.3) is 0 Å². The van der Waals surface area contributed by atoms with E-state index in [4.69, 9.17) is 21.1 Å². The van der Waals surface area contributed by atoms with Crippen LogP contribution in [0.2, 0.25) is 5.02 Å². The predicted molar refractivity (Wildman–Crippen MR) is 79.4 cm³/mol. The Morgan fingerprint density at radius 1 is 1.43 bits per heavy atom. The highest BCUT2D eigenvalue weighted by Crippen LogP contribution is 2.21. The zero-order valence-electron chi connectivity index (χ0n) is 12.3. The van der Waals surface area contributed by atoms with Gasteiger partial charge < -0.3 is 14.6 Å². The molecular formula is C15H21ClFNO3. The van der Waals surface area contributed by atoms with E-state index in [1.54, 1.807) is 0 Å². The van der Waals surface area contributed by atoms with Crippen molar-refractivity contribution < 1.29 is 19.0 Å². The van der Waals surface area contributed by atoms with Crippen molar-refractivity contribution in [1.82, 2.24) is 4.90 Å². The molecule has 0 spiro atoms. The van der Waals surface area contributed by atoms with Gasteiger partial charge in [0.1, 0.15) is 24.3 Å². The van der Waals surface area contributed by atoms with Gasteiger partial charge in [0.15, 0.2) is 0 Å². The summed E-state index contributed by atoms with van der Waals surface area (Å²) in [5.74, 6) is -0.0370. The maximum absolute atomic E-state index is 13.0. The minimum Gasteiger partial charge on any atom is -0.491 e. The van der Waals surface area contributed by atoms with E-state index in [0.29, 0.717) is 12.3 Å². The number of rotatable bonds is 5. The number of β-amino-alcohol motifs (C(OH)–C–C–N with tert-alkyl or cyclic N) is 1. The van der Waals surface area contributed by atoms with E-state index >= 15 is 0 Å². The third kappa shape index (κ3) is 5.11. The second-order valence-electron chi connectivity index (χ2n) is 5.52. The lowest BCUT2D eigenvalue weighted by atomic mass is 10.2. The van der Waals surface area contributed by atoms with Crippen LogP contribution in [0.1, 0.15) is 13.8 Å². The van der Waals surface area contributed by atoms with Crippen LogP contribution in [0, 0.1) is 5.82 Å². The Morgan fingerprint density at radius 3 is 2.71 bits per heavy atom. The number of benzene rings is 1. The maximum atomic E-state index is 13.0. The van der Waals surface area contributed by atoms with Crippen molar-refractivity contribution in [3.05, 3.63) is 29.0 Å². The van der Waals surface area contributed by atoms with Crippen molar-refractivity contribution in [3.63, 3.8) is 0 Å². The monoisotopic (exact) mass is 317 g/mol. The zero-order chi connectivity index (χ0) is 15.4. The Labute approximate surface area is 129 Å². The molecule has 6 heteroatoms. The molecule has 1 N–H and O–H groups in total. The molecule has 0 bridgehead atoms. The van der Waals surface area contributed by atoms with E-state index in [-0.39, 0.29) is 23.8 Å². The maximum Gasteiger partial charge on any atom is 0.142 e. The van der Waals surface area contributed by atoms with Crippen LogP contribution in [-0.2, 0) is 4.74 Å². The summed E-state index contributed by atoms with van der Waals surface area (Å²) in [6.45, 7) is 6.29. The first-order chi connectivity index (χ1) is 9.94. The fourth-order valence-corrected chi connectivity index (χ4v) is 2.71. The molecule has 21 heavy (non-hydrogen) atoms. The van der Waals surface area contributed by atoms with Crippen LogP contribution < -0.4 is 4.74 Å². The Morgan fingerprint density at radius 2 is 2.10 bits per heavy atom. The lowest BCUT2D eigenvalue weighted by Crippen LogP contribution is -2.48. The van der Waals surface area contributed by atoms with E-state index in [1.807, 2.05) is 13.8 Å². The van der Waals surface area contributed by atoms with Crippen molar-refractivity contribution in [3.8, 4) is 5.75 Å². The molecule has 1 aliphatic heterocycles. The molecule has 4 nitrogen and oxygen atoms in total. The van der Waals surface area contributed by atoms with E-state index in [2.05, 4.69) is 4.90 Å². The fourth-order valence-electron chi connectivity index (χ4n) is 2.54. The van der Waals surface area contributed by atoms with Crippen LogP contribution >= 0.6 is 11.6 Å². The van der Waals surface area contributed by atoms with Gasteiger partial charge in [-0.25, -0.2) is 4.39 Å². The molecule has 1 saturated heterocycles. The molecule has 0 aliphatic carbocycles. The minimum atomic E-state index is -0.619. The van der Waals surface area contributed by atoms with Gasteiger partial charge in [0.05, 0.1) is 17.2 Å². The third-order valence-corrected chi connectivity index (χ3v) is 3.59. The lowest BCUT2D eigenvalue weighted by molar-refractivity contribution is -0.0786. The summed E-state index contributed by atoms with van der Waals surface area (Å²) in [4.78, 5) is 2.16. The van der Waals surface area contributed by atoms with E-state index in [0.717, 1.165) is 13.1 Å². The zero-order valence-corrected chi connectivity index (χ0v) is 13.0. The number of aliphatic hydroxyl groups is 1. The van der Waals surface area contributed by atoms with Crippen LogP contribution in [0.4, 0.5) is 4.39 Å². The highest BCUT2D eigenvalue weighted by atomic mass is 35.5. The van der Waals surface area contributed by atoms with Gasteiger partial charge in [-0.15, -0.1) is 0 Å². The number of aliphatic hydroxyl groups excluding tert-OH is 1. The normalized spacial score (nSPS) is 24.8. The highest BCUT2D eigenvalue weighted by Gasteiger charge is 2.23. The van der Waals surface area contributed by atoms with Gasteiger partial charge in [-0.3, -0.25) is 4.90 Å². The van der Waals surface area contributed by atoms with Crippen molar-refractivity contribution in [2.24, 2.45) is 0 Å². The van der Waals surface area contributed by atoms with Gasteiger partial charge in [-0.1, -0.05) is 11.6 Å². The average molecular weight is 318 g/mol. The van der Waals surface area contributed by atoms with Gasteiger partial charge in [0.25, 0.3) is 0 Å². The Hall–Kier alpha value is -0.880. The number of nitrogens with zero attached hydrogens (tertiary/aromatic N) is 1. The molecule has 1 fully saturated rings. The van der Waals surface area contributed by atoms with Crippen molar-refractivity contribution in [1.29, 1.82) is 0 Å². The number of morpholine rings is 1. The molecule has 2 rings (SSSR count). The molecule has 1 aromatic rings. The molecule has 118 valence electrons. The van der Waals surface area contributed by atoms with E-state index in [1.165, 1.54) is 18.2 Å². The molecule has 1 aliphatic rings. The summed E-state index contributed by atoms with van der Waals surface area (Å²) in [5, 5.41) is 10.1. The molecule has 0 aromatic heterocycles. The van der Waals surface area contributed by atoms with Crippen LogP contribution in [-0.4, -0.2) is 54.6 Å². The van der Waals surface area contributed by atoms with Gasteiger partial charge in [0, 0.05) is 25.7 Å². The third-order valence-electron chi connectivity index (χ3n) is 3.30. The van der Waals surface area contributed by atoms with Gasteiger partial charge in [0.2, 0.25) is 0 Å². The smallest absolute Gasteiger partial charge is 0.142 e. The first kappa shape index (κ1) is 16.5. The van der Waals surface area contributed by atoms with E-state index in [9.17, 15) is 9.50 Å². The Kier molecular flexibility index (Phi) is 5.81. The largest absolute Gasteiger partial charge is 0.491 e. The highest BCUT2D eigenvalue weighted by molar-refractivity contribution is 6.30. The Bertz CT molecular complexity index is 464. The van der Waals surface area contributed by atoms with Crippen LogP contribution in [0.3, 0.4) is 0 Å². The molecule has 3 unspecified atom stereocenters. The van der Waals surface area contributed by atoms with Crippen LogP contribution in [0.5, 0.6) is 5.75 Å². The second kappa shape index (κ2) is 7.40. The summed E-state index contributed by atoms with van der Waals surface area (Å²) < 4.78 is 24.1. The first-order valence-corrected chi connectivity index (χ1v) is 7.45. The van der Waals surface area contributed by atoms with Crippen LogP contribution in [0.15, 0.2) is 18.2 Å². The minimum absolute atomic E-state index is 0.0119. The number of hydrogen-bond donors (Lipinski definition) is 1. The SMILES string of the molecule is CC1CN(CC(O)COc2ccc(F)c(Cl)c2)CC(C)O1. The molecule has 0 amide bonds. The number of halogens is 2. The number of hydrogen-bond acceptors (Lipinski definition) is 4. The summed E-state index contributed by atoms with van der Waals surface area (Å²) in [6.07, 6.45) is -0.290. The molecule has 3 atom stereocenters. The quantitative estimate of drug-likeness (QED) is 0.905. The van der Waals surface area contributed by atoms with Crippen molar-refractivity contribution >= 4 is 11.6 Å². The average Bonchev–Trinajstić information content (AvgIpc) is 2.39. The van der Waals surface area contributed by atoms with Crippen molar-refractivity contribution in [2.75, 3.05) is 26.2 Å². The standard InChI is InChI=1S/C15H21ClFNO3/c1-10-6-18(7-11(2)21-10)8-12(19)9-20-13-3-4-15(17)14(16)5-13/h3-5,10-12,19H,6-9H2,1-2H3. The number of ether oxygens (including phenoxy) is 2. The topological polar surface area (TPSA) is 41.9 Å². The lowest BCUT2D eigenvalue weighted by Gasteiger charge is -2.36. The Balaban J connectivity index is 1.79. The molecule has 1 aromatic carbocycles. The van der Waals surface area contributed by atoms with Gasteiger partial charge >= 0.3 is 0 Å². The summed E-state index contributed by atoms with van der Waals surface area (Å²) in [6, 6.07) is 4.14. The van der Waals surface area contributed by atoms with Crippen molar-refractivity contribution in [2.45, 2.75) is 32.2 Å². The molecule has 1 heterocycles. The van der Waals surface area contributed by atoms with Gasteiger partial charge in [-0.2, -0.15) is 0 Å². The van der Waals surface area contributed by atoms with Gasteiger partial charge in [-0.05, 0) is 26.0 Å². The van der Waals surface area contributed by atoms with E-state index < -0.39 is 11.9 Å². The summed E-state index contributed by atoms with van der Waals surface area (Å²) >= 11 is 5.68. The fraction of sp³-hybridized carbons (Fsp3) is 0.600.